The molecule has 1 heterocycles. The van der Waals surface area contributed by atoms with E-state index >= 15 is 0 Å². The second-order valence-electron chi connectivity index (χ2n) is 3.70. The quantitative estimate of drug-likeness (QED) is 0.922. The predicted octanol–water partition coefficient (Wildman–Crippen LogP) is 3.38. The van der Waals surface area contributed by atoms with Gasteiger partial charge in [-0.2, -0.15) is 0 Å². The normalized spacial score (nSPS) is 10.3. The molecule has 0 atom stereocenters. The monoisotopic (exact) mass is 263 g/mol. The van der Waals surface area contributed by atoms with Gasteiger partial charge in [-0.3, -0.25) is 0 Å². The lowest BCUT2D eigenvalue weighted by atomic mass is 10.2. The van der Waals surface area contributed by atoms with Crippen LogP contribution >= 0.6 is 11.8 Å². The summed E-state index contributed by atoms with van der Waals surface area (Å²) in [5, 5.41) is 9.43. The Morgan fingerprint density at radius 3 is 2.67 bits per heavy atom. The molecule has 0 aliphatic rings. The highest BCUT2D eigenvalue weighted by Crippen LogP contribution is 2.29. The van der Waals surface area contributed by atoms with Gasteiger partial charge in [-0.1, -0.05) is 11.8 Å². The first kappa shape index (κ1) is 12.6. The summed E-state index contributed by atoms with van der Waals surface area (Å²) in [6.45, 7) is 1.82. The lowest BCUT2D eigenvalue weighted by molar-refractivity contribution is 0.0696. The Bertz CT molecular complexity index is 584. The number of aromatic nitrogens is 1. The molecule has 0 unspecified atom stereocenters. The second kappa shape index (κ2) is 5.18. The van der Waals surface area contributed by atoms with Crippen molar-refractivity contribution in [2.75, 3.05) is 0 Å². The number of hydrogen-bond donors (Lipinski definition) is 1. The molecule has 2 rings (SSSR count). The maximum absolute atomic E-state index is 12.9. The van der Waals surface area contributed by atoms with Crippen molar-refractivity contribution in [1.29, 1.82) is 0 Å². The van der Waals surface area contributed by atoms with E-state index in [-0.39, 0.29) is 11.4 Å². The van der Waals surface area contributed by atoms with E-state index in [1.54, 1.807) is 12.1 Å². The molecular weight excluding hydrogens is 253 g/mol. The largest absolute Gasteiger partial charge is 0.478 e. The van der Waals surface area contributed by atoms with Crippen LogP contribution < -0.4 is 0 Å². The van der Waals surface area contributed by atoms with Crippen molar-refractivity contribution in [2.24, 2.45) is 0 Å². The Hall–Kier alpha value is -1.88. The van der Waals surface area contributed by atoms with Gasteiger partial charge < -0.3 is 5.11 Å². The molecule has 0 aliphatic carbocycles. The Morgan fingerprint density at radius 2 is 2.11 bits per heavy atom. The molecule has 0 saturated carbocycles. The molecule has 0 radical (unpaired) electrons. The van der Waals surface area contributed by atoms with Gasteiger partial charge in [0.1, 0.15) is 10.8 Å². The molecule has 5 heteroatoms. The van der Waals surface area contributed by atoms with Crippen LogP contribution in [0.5, 0.6) is 0 Å². The molecule has 0 saturated heterocycles. The van der Waals surface area contributed by atoms with Gasteiger partial charge in [0.2, 0.25) is 0 Å². The summed E-state index contributed by atoms with van der Waals surface area (Å²) < 4.78 is 12.9. The van der Waals surface area contributed by atoms with Crippen LogP contribution in [0, 0.1) is 12.7 Å². The van der Waals surface area contributed by atoms with Gasteiger partial charge in [-0.25, -0.2) is 14.2 Å². The fourth-order valence-electron chi connectivity index (χ4n) is 1.41. The number of nitrogens with zero attached hydrogens (tertiary/aromatic N) is 1. The molecule has 0 aliphatic heterocycles. The molecular formula is C13H10FNO2S. The zero-order valence-electron chi connectivity index (χ0n) is 9.55. The van der Waals surface area contributed by atoms with E-state index in [0.717, 1.165) is 10.5 Å². The van der Waals surface area contributed by atoms with Gasteiger partial charge >= 0.3 is 5.97 Å². The maximum Gasteiger partial charge on any atom is 0.337 e. The summed E-state index contributed by atoms with van der Waals surface area (Å²) >= 11 is 1.37. The Labute approximate surface area is 108 Å². The Morgan fingerprint density at radius 1 is 1.33 bits per heavy atom. The number of carboxylic acids is 1. The van der Waals surface area contributed by atoms with E-state index in [2.05, 4.69) is 4.98 Å². The fraction of sp³-hybridized carbons (Fsp3) is 0.0769. The summed E-state index contributed by atoms with van der Waals surface area (Å²) in [6, 6.07) is 7.66. The summed E-state index contributed by atoms with van der Waals surface area (Å²) in [7, 11) is 0. The van der Waals surface area contributed by atoms with Crippen LogP contribution in [0.1, 0.15) is 15.9 Å². The third-order valence-corrected chi connectivity index (χ3v) is 3.46. The molecule has 1 aromatic heterocycles. The lowest BCUT2D eigenvalue weighted by Gasteiger charge is -2.05. The van der Waals surface area contributed by atoms with Crippen LogP contribution in [0.25, 0.3) is 0 Å². The number of aromatic carboxylic acids is 1. The number of pyridine rings is 1. The van der Waals surface area contributed by atoms with E-state index in [4.69, 9.17) is 5.11 Å². The SMILES string of the molecule is Cc1cc(F)ccc1Sc1ccc(C(=O)O)cn1. The number of carboxylic acid groups (broad SMARTS) is 1. The van der Waals surface area contributed by atoms with Gasteiger partial charge in [-0.15, -0.1) is 0 Å². The van der Waals surface area contributed by atoms with E-state index in [1.807, 2.05) is 6.92 Å². The van der Waals surface area contributed by atoms with Gasteiger partial charge in [0.15, 0.2) is 0 Å². The van der Waals surface area contributed by atoms with E-state index in [1.165, 1.54) is 36.2 Å². The minimum Gasteiger partial charge on any atom is -0.478 e. The summed E-state index contributed by atoms with van der Waals surface area (Å²) in [5.41, 5.74) is 0.972. The van der Waals surface area contributed by atoms with Gasteiger partial charge in [0.25, 0.3) is 0 Å². The average Bonchev–Trinajstić information content (AvgIpc) is 2.33. The van der Waals surface area contributed by atoms with E-state index in [0.29, 0.717) is 5.03 Å². The second-order valence-corrected chi connectivity index (χ2v) is 4.76. The first-order valence-corrected chi connectivity index (χ1v) is 6.01. The molecule has 18 heavy (non-hydrogen) atoms. The highest BCUT2D eigenvalue weighted by molar-refractivity contribution is 7.99. The van der Waals surface area contributed by atoms with Gasteiger partial charge in [-0.05, 0) is 42.8 Å². The molecule has 0 spiro atoms. The van der Waals surface area contributed by atoms with Crippen molar-refractivity contribution in [2.45, 2.75) is 16.8 Å². The number of rotatable bonds is 3. The van der Waals surface area contributed by atoms with Crippen molar-refractivity contribution in [3.63, 3.8) is 0 Å². The number of carbonyl (C=O) groups is 1. The topological polar surface area (TPSA) is 50.2 Å². The minimum absolute atomic E-state index is 0.148. The maximum atomic E-state index is 12.9. The van der Waals surface area contributed by atoms with Crippen molar-refractivity contribution < 1.29 is 14.3 Å². The zero-order chi connectivity index (χ0) is 13.1. The van der Waals surface area contributed by atoms with E-state index < -0.39 is 5.97 Å². The average molecular weight is 263 g/mol. The number of halogens is 1. The molecule has 0 bridgehead atoms. The zero-order valence-corrected chi connectivity index (χ0v) is 10.4. The first-order valence-electron chi connectivity index (χ1n) is 5.19. The van der Waals surface area contributed by atoms with Crippen LogP contribution in [-0.4, -0.2) is 16.1 Å². The molecule has 2 aromatic rings. The number of aryl methyl sites for hydroxylation is 1. The molecule has 3 nitrogen and oxygen atoms in total. The third-order valence-electron chi connectivity index (χ3n) is 2.33. The Kier molecular flexibility index (Phi) is 3.62. The standard InChI is InChI=1S/C13H10FNO2S/c1-8-6-10(14)3-4-11(8)18-12-5-2-9(7-15-12)13(16)17/h2-7H,1H3,(H,16,17). The number of benzene rings is 1. The summed E-state index contributed by atoms with van der Waals surface area (Å²) in [5.74, 6) is -1.27. The van der Waals surface area contributed by atoms with Crippen LogP contribution in [0.15, 0.2) is 46.5 Å². The van der Waals surface area contributed by atoms with Crippen molar-refractivity contribution in [3.05, 3.63) is 53.5 Å². The van der Waals surface area contributed by atoms with Gasteiger partial charge in [0.05, 0.1) is 5.56 Å². The molecule has 1 aromatic carbocycles. The van der Waals surface area contributed by atoms with Crippen LogP contribution in [0.4, 0.5) is 4.39 Å². The lowest BCUT2D eigenvalue weighted by Crippen LogP contribution is -1.96. The summed E-state index contributed by atoms with van der Waals surface area (Å²) in [6.07, 6.45) is 1.31. The summed E-state index contributed by atoms with van der Waals surface area (Å²) in [4.78, 5) is 15.6. The highest BCUT2D eigenvalue weighted by Gasteiger charge is 2.06. The van der Waals surface area contributed by atoms with Crippen LogP contribution in [-0.2, 0) is 0 Å². The van der Waals surface area contributed by atoms with Crippen LogP contribution in [0.3, 0.4) is 0 Å². The fourth-order valence-corrected chi connectivity index (χ4v) is 2.23. The molecule has 92 valence electrons. The van der Waals surface area contributed by atoms with Gasteiger partial charge in [0, 0.05) is 11.1 Å². The molecule has 0 amide bonds. The minimum atomic E-state index is -1.00. The highest BCUT2D eigenvalue weighted by atomic mass is 32.2. The first-order chi connectivity index (χ1) is 8.56. The third kappa shape index (κ3) is 2.87. The van der Waals surface area contributed by atoms with Crippen molar-refractivity contribution in [1.82, 2.24) is 4.98 Å². The number of hydrogen-bond acceptors (Lipinski definition) is 3. The van der Waals surface area contributed by atoms with E-state index in [9.17, 15) is 9.18 Å². The Balaban J connectivity index is 2.21. The van der Waals surface area contributed by atoms with Crippen molar-refractivity contribution >= 4 is 17.7 Å². The smallest absolute Gasteiger partial charge is 0.337 e. The molecule has 0 fully saturated rings. The van der Waals surface area contributed by atoms with Crippen LogP contribution in [0.2, 0.25) is 0 Å². The van der Waals surface area contributed by atoms with Crippen molar-refractivity contribution in [3.8, 4) is 0 Å². The molecule has 1 N–H and O–H groups in total. The predicted molar refractivity (Wildman–Crippen MR) is 66.5 cm³/mol.